The molecule has 2 fully saturated rings. The molecule has 0 aromatic carbocycles. The molecular weight excluding hydrogens is 174 g/mol. The molecule has 82 valence electrons. The van der Waals surface area contributed by atoms with E-state index in [4.69, 9.17) is 5.11 Å². The Morgan fingerprint density at radius 2 is 2.00 bits per heavy atom. The molecule has 0 bridgehead atoms. The van der Waals surface area contributed by atoms with Gasteiger partial charge in [0.1, 0.15) is 0 Å². The van der Waals surface area contributed by atoms with Crippen LogP contribution in [0, 0.1) is 11.8 Å². The quantitative estimate of drug-likeness (QED) is 0.519. The molecule has 2 rings (SSSR count). The van der Waals surface area contributed by atoms with Gasteiger partial charge in [0.25, 0.3) is 0 Å². The number of hydrogen-bond donors (Lipinski definition) is 1. The smallest absolute Gasteiger partial charge is 0.0431 e. The lowest BCUT2D eigenvalue weighted by atomic mass is 10.1. The SMILES string of the molecule is CC(C)C1C(C2CC2)N1CCCCO. The Labute approximate surface area is 87.3 Å². The van der Waals surface area contributed by atoms with Crippen LogP contribution in [-0.4, -0.2) is 35.2 Å². The lowest BCUT2D eigenvalue weighted by molar-refractivity contribution is 0.276. The van der Waals surface area contributed by atoms with Crippen LogP contribution in [0.2, 0.25) is 0 Å². The summed E-state index contributed by atoms with van der Waals surface area (Å²) in [6.45, 7) is 6.25. The second kappa shape index (κ2) is 4.19. The predicted molar refractivity (Wildman–Crippen MR) is 58.2 cm³/mol. The van der Waals surface area contributed by atoms with E-state index in [-0.39, 0.29) is 0 Å². The van der Waals surface area contributed by atoms with Gasteiger partial charge < -0.3 is 5.11 Å². The molecule has 1 aliphatic heterocycles. The van der Waals surface area contributed by atoms with Gasteiger partial charge in [0.15, 0.2) is 0 Å². The van der Waals surface area contributed by atoms with Gasteiger partial charge in [0, 0.05) is 18.7 Å². The highest BCUT2D eigenvalue weighted by atomic mass is 16.2. The van der Waals surface area contributed by atoms with Crippen molar-refractivity contribution in [3.63, 3.8) is 0 Å². The molecule has 1 heterocycles. The zero-order valence-electron chi connectivity index (χ0n) is 9.45. The normalized spacial score (nSPS) is 36.4. The van der Waals surface area contributed by atoms with E-state index in [1.165, 1.54) is 25.8 Å². The first-order valence-electron chi connectivity index (χ1n) is 6.12. The Morgan fingerprint density at radius 1 is 1.29 bits per heavy atom. The van der Waals surface area contributed by atoms with Crippen LogP contribution in [0.4, 0.5) is 0 Å². The average Bonchev–Trinajstić information content (AvgIpc) is 2.98. The van der Waals surface area contributed by atoms with Crippen molar-refractivity contribution >= 4 is 0 Å². The molecule has 0 radical (unpaired) electrons. The molecule has 2 aliphatic rings. The van der Waals surface area contributed by atoms with Crippen LogP contribution in [0.1, 0.15) is 39.5 Å². The maximum Gasteiger partial charge on any atom is 0.0431 e. The largest absolute Gasteiger partial charge is 0.396 e. The Bertz CT molecular complexity index is 181. The van der Waals surface area contributed by atoms with Gasteiger partial charge in [-0.05, 0) is 44.1 Å². The van der Waals surface area contributed by atoms with E-state index in [0.29, 0.717) is 6.61 Å². The highest BCUT2D eigenvalue weighted by molar-refractivity contribution is 5.10. The van der Waals surface area contributed by atoms with Crippen LogP contribution in [0.5, 0.6) is 0 Å². The van der Waals surface area contributed by atoms with Crippen molar-refractivity contribution < 1.29 is 5.11 Å². The summed E-state index contributed by atoms with van der Waals surface area (Å²) in [5.74, 6) is 1.84. The summed E-state index contributed by atoms with van der Waals surface area (Å²) >= 11 is 0. The fourth-order valence-electron chi connectivity index (χ4n) is 2.79. The average molecular weight is 197 g/mol. The summed E-state index contributed by atoms with van der Waals surface area (Å²) in [4.78, 5) is 2.66. The van der Waals surface area contributed by atoms with Crippen LogP contribution in [0.25, 0.3) is 0 Å². The van der Waals surface area contributed by atoms with E-state index < -0.39 is 0 Å². The predicted octanol–water partition coefficient (Wildman–Crippen LogP) is 1.88. The summed E-state index contributed by atoms with van der Waals surface area (Å²) in [5.41, 5.74) is 0. The van der Waals surface area contributed by atoms with E-state index in [2.05, 4.69) is 18.7 Å². The summed E-state index contributed by atoms with van der Waals surface area (Å²) in [5, 5.41) is 8.74. The van der Waals surface area contributed by atoms with Crippen molar-refractivity contribution in [1.82, 2.24) is 4.90 Å². The zero-order valence-corrected chi connectivity index (χ0v) is 9.45. The Balaban J connectivity index is 1.74. The summed E-state index contributed by atoms with van der Waals surface area (Å²) in [6, 6.07) is 1.77. The third-order valence-electron chi connectivity index (χ3n) is 3.64. The van der Waals surface area contributed by atoms with Crippen LogP contribution in [0.3, 0.4) is 0 Å². The molecule has 14 heavy (non-hydrogen) atoms. The number of nitrogens with zero attached hydrogens (tertiary/aromatic N) is 1. The molecular formula is C12H23NO. The highest BCUT2D eigenvalue weighted by Crippen LogP contribution is 2.49. The second-order valence-electron chi connectivity index (χ2n) is 5.23. The molecule has 0 amide bonds. The van der Waals surface area contributed by atoms with Crippen LogP contribution in [-0.2, 0) is 0 Å². The lowest BCUT2D eigenvalue weighted by Crippen LogP contribution is -2.09. The molecule has 0 spiro atoms. The van der Waals surface area contributed by atoms with Crippen molar-refractivity contribution in [1.29, 1.82) is 0 Å². The Hall–Kier alpha value is -0.0800. The highest BCUT2D eigenvalue weighted by Gasteiger charge is 2.55. The fraction of sp³-hybridized carbons (Fsp3) is 1.00. The van der Waals surface area contributed by atoms with Gasteiger partial charge in [-0.2, -0.15) is 0 Å². The number of rotatable bonds is 6. The topological polar surface area (TPSA) is 23.2 Å². The third-order valence-corrected chi connectivity index (χ3v) is 3.64. The van der Waals surface area contributed by atoms with Crippen molar-refractivity contribution in [2.75, 3.05) is 13.2 Å². The molecule has 2 heteroatoms. The maximum atomic E-state index is 8.74. The minimum absolute atomic E-state index is 0.355. The Morgan fingerprint density at radius 3 is 2.50 bits per heavy atom. The summed E-state index contributed by atoms with van der Waals surface area (Å²) in [6.07, 6.45) is 5.07. The van der Waals surface area contributed by atoms with Gasteiger partial charge in [-0.3, -0.25) is 4.90 Å². The summed E-state index contributed by atoms with van der Waals surface area (Å²) in [7, 11) is 0. The van der Waals surface area contributed by atoms with Crippen LogP contribution >= 0.6 is 0 Å². The van der Waals surface area contributed by atoms with Gasteiger partial charge in [-0.15, -0.1) is 0 Å². The number of aliphatic hydroxyl groups is 1. The first kappa shape index (κ1) is 10.4. The molecule has 0 aromatic heterocycles. The third kappa shape index (κ3) is 2.12. The van der Waals surface area contributed by atoms with Gasteiger partial charge in [0.2, 0.25) is 0 Å². The summed E-state index contributed by atoms with van der Waals surface area (Å²) < 4.78 is 0. The number of hydrogen-bond acceptors (Lipinski definition) is 2. The molecule has 0 aromatic rings. The zero-order chi connectivity index (χ0) is 10.1. The standard InChI is InChI=1S/C12H23NO/c1-9(2)11-12(10-5-6-10)13(11)7-3-4-8-14/h9-12,14H,3-8H2,1-2H3. The lowest BCUT2D eigenvalue weighted by Gasteiger charge is -2.04. The van der Waals surface area contributed by atoms with E-state index in [0.717, 1.165) is 30.3 Å². The molecule has 3 atom stereocenters. The van der Waals surface area contributed by atoms with Crippen LogP contribution in [0.15, 0.2) is 0 Å². The van der Waals surface area contributed by atoms with E-state index >= 15 is 0 Å². The van der Waals surface area contributed by atoms with Gasteiger partial charge in [-0.1, -0.05) is 13.8 Å². The number of unbranched alkanes of at least 4 members (excludes halogenated alkanes) is 1. The van der Waals surface area contributed by atoms with Gasteiger partial charge in [-0.25, -0.2) is 0 Å². The first-order chi connectivity index (χ1) is 6.75. The molecule has 1 saturated heterocycles. The molecule has 1 saturated carbocycles. The molecule has 1 aliphatic carbocycles. The van der Waals surface area contributed by atoms with E-state index in [1.807, 2.05) is 0 Å². The molecule has 1 N–H and O–H groups in total. The first-order valence-corrected chi connectivity index (χ1v) is 6.12. The molecule has 2 nitrogen and oxygen atoms in total. The van der Waals surface area contributed by atoms with Crippen molar-refractivity contribution in [2.45, 2.75) is 51.6 Å². The minimum Gasteiger partial charge on any atom is -0.396 e. The van der Waals surface area contributed by atoms with E-state index in [1.54, 1.807) is 0 Å². The minimum atomic E-state index is 0.355. The van der Waals surface area contributed by atoms with Crippen molar-refractivity contribution in [3.05, 3.63) is 0 Å². The van der Waals surface area contributed by atoms with Crippen molar-refractivity contribution in [3.8, 4) is 0 Å². The van der Waals surface area contributed by atoms with Gasteiger partial charge >= 0.3 is 0 Å². The second-order valence-corrected chi connectivity index (χ2v) is 5.23. The van der Waals surface area contributed by atoms with E-state index in [9.17, 15) is 0 Å². The van der Waals surface area contributed by atoms with Gasteiger partial charge in [0.05, 0.1) is 0 Å². The monoisotopic (exact) mass is 197 g/mol. The molecule has 3 unspecified atom stereocenters. The maximum absolute atomic E-state index is 8.74. The number of aliphatic hydroxyl groups excluding tert-OH is 1. The fourth-order valence-corrected chi connectivity index (χ4v) is 2.79. The van der Waals surface area contributed by atoms with Crippen LogP contribution < -0.4 is 0 Å². The van der Waals surface area contributed by atoms with Crippen molar-refractivity contribution in [2.24, 2.45) is 11.8 Å². The Kier molecular flexibility index (Phi) is 3.13.